The molecule has 2 heterocycles. The Morgan fingerprint density at radius 2 is 1.00 bits per heavy atom. The lowest BCUT2D eigenvalue weighted by molar-refractivity contribution is 0.103. The smallest absolute Gasteiger partial charge is 0.197 e. The Hall–Kier alpha value is -3.12. The van der Waals surface area contributed by atoms with E-state index in [9.17, 15) is 4.79 Å². The van der Waals surface area contributed by atoms with Gasteiger partial charge < -0.3 is 20.6 Å². The van der Waals surface area contributed by atoms with Crippen molar-refractivity contribution in [3.63, 3.8) is 0 Å². The second-order valence-electron chi connectivity index (χ2n) is 10.6. The third-order valence-corrected chi connectivity index (χ3v) is 5.60. The fourth-order valence-corrected chi connectivity index (χ4v) is 4.34. The van der Waals surface area contributed by atoms with E-state index in [1.54, 1.807) is 0 Å². The summed E-state index contributed by atoms with van der Waals surface area (Å²) in [5, 5.41) is 0. The molecule has 0 aliphatic carbocycles. The highest BCUT2D eigenvalue weighted by Gasteiger charge is 2.24. The van der Waals surface area contributed by atoms with Crippen LogP contribution in [0.25, 0.3) is 22.3 Å². The van der Waals surface area contributed by atoms with E-state index in [1.807, 2.05) is 122 Å². The Balaban J connectivity index is 0.00000342. The van der Waals surface area contributed by atoms with Crippen LogP contribution in [-0.2, 0) is 13.1 Å². The first kappa shape index (κ1) is 26.5. The third-order valence-electron chi connectivity index (χ3n) is 5.60. The van der Waals surface area contributed by atoms with Crippen LogP contribution in [0, 0.1) is 0 Å². The molecule has 4 aromatic rings. The van der Waals surface area contributed by atoms with E-state index in [2.05, 4.69) is 0 Å². The number of aromatic nitrogens is 2. The van der Waals surface area contributed by atoms with Gasteiger partial charge in [-0.1, -0.05) is 60.7 Å². The molecule has 0 aliphatic heterocycles. The van der Waals surface area contributed by atoms with Gasteiger partial charge in [-0.25, -0.2) is 0 Å². The van der Waals surface area contributed by atoms with Crippen molar-refractivity contribution in [1.29, 1.82) is 0 Å². The molecule has 0 radical (unpaired) electrons. The number of benzene rings is 2. The molecule has 0 aliphatic rings. The van der Waals surface area contributed by atoms with Crippen LogP contribution in [0.3, 0.4) is 0 Å². The van der Waals surface area contributed by atoms with E-state index in [0.717, 1.165) is 22.3 Å². The number of nitrogens with zero attached hydrogens (tertiary/aromatic N) is 2. The molecule has 184 valence electrons. The van der Waals surface area contributed by atoms with Gasteiger partial charge in [0.2, 0.25) is 0 Å². The Bertz CT molecular complexity index is 1180. The number of ketones is 1. The van der Waals surface area contributed by atoms with Crippen molar-refractivity contribution in [3.05, 3.63) is 96.6 Å². The molecule has 0 bridgehead atoms. The van der Waals surface area contributed by atoms with E-state index >= 15 is 0 Å². The molecule has 6 heteroatoms. The third kappa shape index (κ3) is 6.51. The zero-order chi connectivity index (χ0) is 24.5. The van der Waals surface area contributed by atoms with Gasteiger partial charge in [-0.05, 0) is 38.8 Å². The minimum Gasteiger partial charge on any atom is -0.351 e. The SMILES string of the molecule is CC(C)(N)Cn1cc(C(=O)c2cn(CC(C)(C)N)cc2-c2ccccc2)c(-c2ccccc2)c1.Cl. The van der Waals surface area contributed by atoms with Crippen molar-refractivity contribution < 1.29 is 4.79 Å². The van der Waals surface area contributed by atoms with Crippen LogP contribution >= 0.6 is 12.4 Å². The largest absolute Gasteiger partial charge is 0.351 e. The molecule has 0 amide bonds. The van der Waals surface area contributed by atoms with Crippen molar-refractivity contribution in [1.82, 2.24) is 9.13 Å². The fraction of sp³-hybridized carbons (Fsp3) is 0.276. The highest BCUT2D eigenvalue weighted by atomic mass is 35.5. The van der Waals surface area contributed by atoms with Crippen LogP contribution in [0.15, 0.2) is 85.5 Å². The summed E-state index contributed by atoms with van der Waals surface area (Å²) in [4.78, 5) is 14.1. The second kappa shape index (κ2) is 10.2. The molecule has 0 atom stereocenters. The molecule has 2 aromatic carbocycles. The van der Waals surface area contributed by atoms with Crippen molar-refractivity contribution in [2.45, 2.75) is 51.9 Å². The molecule has 0 saturated carbocycles. The van der Waals surface area contributed by atoms with Gasteiger partial charge in [-0.2, -0.15) is 0 Å². The maximum atomic E-state index is 14.1. The zero-order valence-electron chi connectivity index (χ0n) is 20.9. The molecule has 0 saturated heterocycles. The summed E-state index contributed by atoms with van der Waals surface area (Å²) < 4.78 is 4.05. The standard InChI is InChI=1S/C29H34N4O.ClH/c1-28(2,30)19-32-15-23(21-11-7-5-8-12-21)25(17-32)27(34)26-18-33(20-29(3,4)31)16-24(26)22-13-9-6-10-14-22;/h5-18H,19-20,30-31H2,1-4H3;1H. The lowest BCUT2D eigenvalue weighted by Gasteiger charge is -2.19. The number of halogens is 1. The molecule has 0 spiro atoms. The van der Waals surface area contributed by atoms with Gasteiger partial charge in [0.15, 0.2) is 5.78 Å². The van der Waals surface area contributed by atoms with Crippen LogP contribution in [0.1, 0.15) is 43.6 Å². The first-order valence-corrected chi connectivity index (χ1v) is 11.6. The Labute approximate surface area is 214 Å². The zero-order valence-corrected chi connectivity index (χ0v) is 21.7. The molecule has 4 rings (SSSR count). The maximum Gasteiger partial charge on any atom is 0.197 e. The van der Waals surface area contributed by atoms with Crippen molar-refractivity contribution in [2.75, 3.05) is 0 Å². The summed E-state index contributed by atoms with van der Waals surface area (Å²) in [6.07, 6.45) is 7.91. The average Bonchev–Trinajstić information content (AvgIpc) is 3.36. The Morgan fingerprint density at radius 3 is 1.31 bits per heavy atom. The molecule has 0 unspecified atom stereocenters. The van der Waals surface area contributed by atoms with E-state index in [0.29, 0.717) is 24.2 Å². The van der Waals surface area contributed by atoms with E-state index < -0.39 is 11.1 Å². The van der Waals surface area contributed by atoms with E-state index in [4.69, 9.17) is 11.5 Å². The number of carbonyl (C=O) groups is 1. The molecule has 35 heavy (non-hydrogen) atoms. The summed E-state index contributed by atoms with van der Waals surface area (Å²) in [6, 6.07) is 20.0. The van der Waals surface area contributed by atoms with E-state index in [1.165, 1.54) is 0 Å². The Kier molecular flexibility index (Phi) is 7.75. The lowest BCUT2D eigenvalue weighted by atomic mass is 9.95. The summed E-state index contributed by atoms with van der Waals surface area (Å²) in [5.74, 6) is -0.0140. The fourth-order valence-electron chi connectivity index (χ4n) is 4.34. The molecule has 2 aromatic heterocycles. The number of nitrogens with two attached hydrogens (primary N) is 2. The maximum absolute atomic E-state index is 14.1. The topological polar surface area (TPSA) is 79.0 Å². The van der Waals surface area contributed by atoms with Crippen LogP contribution < -0.4 is 11.5 Å². The molecular weight excluding hydrogens is 456 g/mol. The molecule has 5 nitrogen and oxygen atoms in total. The number of carbonyl (C=O) groups excluding carboxylic acids is 1. The van der Waals surface area contributed by atoms with Crippen molar-refractivity contribution in [3.8, 4) is 22.3 Å². The van der Waals surface area contributed by atoms with Gasteiger partial charge in [-0.3, -0.25) is 4.79 Å². The molecule has 4 N–H and O–H groups in total. The first-order valence-electron chi connectivity index (χ1n) is 11.6. The second-order valence-corrected chi connectivity index (χ2v) is 10.6. The van der Waals surface area contributed by atoms with Crippen LogP contribution in [0.2, 0.25) is 0 Å². The lowest BCUT2D eigenvalue weighted by Crippen LogP contribution is -2.36. The van der Waals surface area contributed by atoms with Gasteiger partial charge in [-0.15, -0.1) is 12.4 Å². The normalized spacial score (nSPS) is 11.8. The van der Waals surface area contributed by atoms with E-state index in [-0.39, 0.29) is 18.2 Å². The first-order chi connectivity index (χ1) is 16.0. The summed E-state index contributed by atoms with van der Waals surface area (Å²) >= 11 is 0. The highest BCUT2D eigenvalue weighted by molar-refractivity contribution is 6.16. The summed E-state index contributed by atoms with van der Waals surface area (Å²) in [7, 11) is 0. The average molecular weight is 491 g/mol. The van der Waals surface area contributed by atoms with Gasteiger partial charge in [0.25, 0.3) is 0 Å². The van der Waals surface area contributed by atoms with Crippen molar-refractivity contribution in [2.24, 2.45) is 11.5 Å². The number of hydrogen-bond acceptors (Lipinski definition) is 3. The van der Waals surface area contributed by atoms with Gasteiger partial charge in [0.05, 0.1) is 0 Å². The van der Waals surface area contributed by atoms with Gasteiger partial charge in [0.1, 0.15) is 0 Å². The van der Waals surface area contributed by atoms with Crippen LogP contribution in [-0.4, -0.2) is 26.0 Å². The van der Waals surface area contributed by atoms with Crippen LogP contribution in [0.4, 0.5) is 0 Å². The molecule has 0 fully saturated rings. The minimum absolute atomic E-state index is 0. The number of hydrogen-bond donors (Lipinski definition) is 2. The number of rotatable bonds is 8. The van der Waals surface area contributed by atoms with Crippen LogP contribution in [0.5, 0.6) is 0 Å². The highest BCUT2D eigenvalue weighted by Crippen LogP contribution is 2.32. The van der Waals surface area contributed by atoms with Gasteiger partial charge in [0, 0.05) is 71.2 Å². The summed E-state index contributed by atoms with van der Waals surface area (Å²) in [6.45, 7) is 9.15. The predicted molar refractivity (Wildman–Crippen MR) is 147 cm³/mol. The van der Waals surface area contributed by atoms with Gasteiger partial charge >= 0.3 is 0 Å². The minimum atomic E-state index is -0.404. The monoisotopic (exact) mass is 490 g/mol. The Morgan fingerprint density at radius 1 is 0.657 bits per heavy atom. The molecular formula is C29H35ClN4O. The van der Waals surface area contributed by atoms with Crippen molar-refractivity contribution >= 4 is 18.2 Å². The predicted octanol–water partition coefficient (Wildman–Crippen LogP) is 5.75. The summed E-state index contributed by atoms with van der Waals surface area (Å²) in [5.41, 5.74) is 16.9. The quantitative estimate of drug-likeness (QED) is 0.308.